The van der Waals surface area contributed by atoms with Crippen LogP contribution in [0.4, 0.5) is 0 Å². The minimum Gasteiger partial charge on any atom is -0.454 e. The Labute approximate surface area is 214 Å². The highest BCUT2D eigenvalue weighted by molar-refractivity contribution is 5.93. The van der Waals surface area contributed by atoms with Gasteiger partial charge in [0.15, 0.2) is 11.5 Å². The molecule has 1 amide bonds. The molecule has 8 heteroatoms. The molecule has 0 saturated heterocycles. The van der Waals surface area contributed by atoms with Crippen molar-refractivity contribution in [1.29, 1.82) is 0 Å². The second-order valence-corrected chi connectivity index (χ2v) is 9.07. The van der Waals surface area contributed by atoms with Gasteiger partial charge in [-0.05, 0) is 59.0 Å². The summed E-state index contributed by atoms with van der Waals surface area (Å²) >= 11 is 0. The molecule has 37 heavy (non-hydrogen) atoms. The van der Waals surface area contributed by atoms with Crippen molar-refractivity contribution in [3.8, 4) is 33.9 Å². The minimum atomic E-state index is -0.254. The SMILES string of the molecule is O=C(NCc1ccc2c(c1)OCO2)c1cc2c(c(-c3cccc(-c4cccnc4)c3)n1)C(CCO)NC2. The predicted octanol–water partition coefficient (Wildman–Crippen LogP) is 4.00. The monoisotopic (exact) mass is 494 g/mol. The topological polar surface area (TPSA) is 106 Å². The molecule has 1 unspecified atom stereocenters. The summed E-state index contributed by atoms with van der Waals surface area (Å²) < 4.78 is 10.8. The van der Waals surface area contributed by atoms with Crippen LogP contribution >= 0.6 is 0 Å². The molecule has 0 fully saturated rings. The van der Waals surface area contributed by atoms with Gasteiger partial charge in [0.2, 0.25) is 6.79 Å². The Morgan fingerprint density at radius 3 is 2.76 bits per heavy atom. The first kappa shape index (κ1) is 23.1. The first-order valence-electron chi connectivity index (χ1n) is 12.3. The number of nitrogens with zero attached hydrogens (tertiary/aromatic N) is 2. The number of fused-ring (bicyclic) bond motifs is 2. The maximum atomic E-state index is 13.2. The molecular weight excluding hydrogens is 468 g/mol. The van der Waals surface area contributed by atoms with Crippen LogP contribution in [-0.2, 0) is 13.1 Å². The van der Waals surface area contributed by atoms with Crippen LogP contribution in [0.2, 0.25) is 0 Å². The summed E-state index contributed by atoms with van der Waals surface area (Å²) in [6.07, 6.45) is 4.14. The van der Waals surface area contributed by atoms with E-state index in [1.165, 1.54) is 0 Å². The lowest BCUT2D eigenvalue weighted by atomic mass is 9.94. The van der Waals surface area contributed by atoms with Crippen molar-refractivity contribution in [2.24, 2.45) is 0 Å². The molecule has 8 nitrogen and oxygen atoms in total. The van der Waals surface area contributed by atoms with E-state index in [9.17, 15) is 9.90 Å². The zero-order valence-electron chi connectivity index (χ0n) is 20.1. The zero-order valence-corrected chi connectivity index (χ0v) is 20.1. The van der Waals surface area contributed by atoms with E-state index in [4.69, 9.17) is 14.5 Å². The number of nitrogens with one attached hydrogen (secondary N) is 2. The number of hydrogen-bond acceptors (Lipinski definition) is 7. The number of pyridine rings is 2. The van der Waals surface area contributed by atoms with Gasteiger partial charge < -0.3 is 25.2 Å². The van der Waals surface area contributed by atoms with Crippen LogP contribution in [0, 0.1) is 0 Å². The molecule has 0 radical (unpaired) electrons. The van der Waals surface area contributed by atoms with Crippen molar-refractivity contribution in [2.75, 3.05) is 13.4 Å². The average molecular weight is 495 g/mol. The van der Waals surface area contributed by atoms with Crippen LogP contribution in [0.1, 0.15) is 39.6 Å². The summed E-state index contributed by atoms with van der Waals surface area (Å²) in [7, 11) is 0. The fourth-order valence-electron chi connectivity index (χ4n) is 4.89. The van der Waals surface area contributed by atoms with Gasteiger partial charge in [0.1, 0.15) is 5.69 Å². The summed E-state index contributed by atoms with van der Waals surface area (Å²) in [5.41, 5.74) is 7.00. The molecular formula is C29H26N4O4. The van der Waals surface area contributed by atoms with Gasteiger partial charge in [-0.3, -0.25) is 9.78 Å². The standard InChI is InChI=1S/C29H26N4O4/c34-10-8-23-27-22(16-31-23)13-24(29(35)32-14-18-6-7-25-26(11-18)37-17-36-25)33-28(27)20-4-1-3-19(12-20)21-5-2-9-30-15-21/h1-7,9,11-13,15,23,31,34H,8,10,14,16-17H2,(H,32,35). The highest BCUT2D eigenvalue weighted by atomic mass is 16.7. The summed E-state index contributed by atoms with van der Waals surface area (Å²) in [4.78, 5) is 22.3. The van der Waals surface area contributed by atoms with Crippen molar-refractivity contribution >= 4 is 5.91 Å². The Morgan fingerprint density at radius 2 is 1.89 bits per heavy atom. The summed E-state index contributed by atoms with van der Waals surface area (Å²) in [5, 5.41) is 16.1. The average Bonchev–Trinajstić information content (AvgIpc) is 3.59. The van der Waals surface area contributed by atoms with Gasteiger partial charge in [0, 0.05) is 49.3 Å². The smallest absolute Gasteiger partial charge is 0.270 e. The van der Waals surface area contributed by atoms with Gasteiger partial charge >= 0.3 is 0 Å². The lowest BCUT2D eigenvalue weighted by Crippen LogP contribution is -2.24. The molecule has 6 rings (SSSR count). The van der Waals surface area contributed by atoms with E-state index in [1.807, 2.05) is 60.8 Å². The summed E-state index contributed by atoms with van der Waals surface area (Å²) in [5.74, 6) is 1.13. The van der Waals surface area contributed by atoms with Gasteiger partial charge in [-0.25, -0.2) is 4.98 Å². The van der Waals surface area contributed by atoms with E-state index in [2.05, 4.69) is 21.7 Å². The normalized spacial score (nSPS) is 15.4. The first-order valence-corrected chi connectivity index (χ1v) is 12.3. The Kier molecular flexibility index (Phi) is 6.26. The van der Waals surface area contributed by atoms with E-state index in [-0.39, 0.29) is 25.3 Å². The maximum Gasteiger partial charge on any atom is 0.270 e. The van der Waals surface area contributed by atoms with E-state index in [0.717, 1.165) is 39.1 Å². The van der Waals surface area contributed by atoms with Gasteiger partial charge in [0.25, 0.3) is 5.91 Å². The van der Waals surface area contributed by atoms with Crippen molar-refractivity contribution in [3.05, 3.63) is 95.4 Å². The quantitative estimate of drug-likeness (QED) is 0.357. The van der Waals surface area contributed by atoms with E-state index in [1.54, 1.807) is 6.20 Å². The van der Waals surface area contributed by atoms with E-state index in [0.29, 0.717) is 36.7 Å². The number of benzene rings is 2. The number of ether oxygens (including phenoxy) is 2. The Hall–Kier alpha value is -4.27. The molecule has 1 atom stereocenters. The van der Waals surface area contributed by atoms with E-state index < -0.39 is 0 Å². The number of carbonyl (C=O) groups is 1. The van der Waals surface area contributed by atoms with Crippen molar-refractivity contribution in [3.63, 3.8) is 0 Å². The van der Waals surface area contributed by atoms with Gasteiger partial charge in [0.05, 0.1) is 5.69 Å². The van der Waals surface area contributed by atoms with Crippen LogP contribution < -0.4 is 20.1 Å². The maximum absolute atomic E-state index is 13.2. The lowest BCUT2D eigenvalue weighted by Gasteiger charge is -2.17. The van der Waals surface area contributed by atoms with Gasteiger partial charge in [-0.2, -0.15) is 0 Å². The molecule has 2 aliphatic rings. The summed E-state index contributed by atoms with van der Waals surface area (Å²) in [6.45, 7) is 1.22. The number of aromatic nitrogens is 2. The Balaban J connectivity index is 1.33. The predicted molar refractivity (Wildman–Crippen MR) is 138 cm³/mol. The molecule has 0 saturated carbocycles. The number of aliphatic hydroxyl groups is 1. The number of rotatable bonds is 7. The number of aliphatic hydroxyl groups excluding tert-OH is 1. The highest BCUT2D eigenvalue weighted by Gasteiger charge is 2.28. The first-order chi connectivity index (χ1) is 18.2. The van der Waals surface area contributed by atoms with Crippen LogP contribution in [0.15, 0.2) is 73.1 Å². The van der Waals surface area contributed by atoms with Crippen LogP contribution in [0.25, 0.3) is 22.4 Å². The van der Waals surface area contributed by atoms with Crippen molar-refractivity contribution in [1.82, 2.24) is 20.6 Å². The van der Waals surface area contributed by atoms with Crippen molar-refractivity contribution in [2.45, 2.75) is 25.6 Å². The van der Waals surface area contributed by atoms with Crippen molar-refractivity contribution < 1.29 is 19.4 Å². The second kappa shape index (κ2) is 10.0. The van der Waals surface area contributed by atoms with E-state index >= 15 is 0 Å². The van der Waals surface area contributed by atoms with Crippen LogP contribution in [0.5, 0.6) is 11.5 Å². The molecule has 2 aliphatic heterocycles. The third-order valence-electron chi connectivity index (χ3n) is 6.70. The molecule has 4 heterocycles. The molecule has 2 aromatic carbocycles. The van der Waals surface area contributed by atoms with Crippen LogP contribution in [0.3, 0.4) is 0 Å². The molecule has 0 aliphatic carbocycles. The Bertz CT molecular complexity index is 1460. The molecule has 4 aromatic rings. The molecule has 0 bridgehead atoms. The lowest BCUT2D eigenvalue weighted by molar-refractivity contribution is 0.0946. The fourth-order valence-corrected chi connectivity index (χ4v) is 4.89. The van der Waals surface area contributed by atoms with Crippen LogP contribution in [-0.4, -0.2) is 34.4 Å². The van der Waals surface area contributed by atoms with Gasteiger partial charge in [-0.15, -0.1) is 0 Å². The summed E-state index contributed by atoms with van der Waals surface area (Å²) in [6, 6.07) is 19.5. The number of amides is 1. The molecule has 0 spiro atoms. The largest absolute Gasteiger partial charge is 0.454 e. The minimum absolute atomic E-state index is 0.0321. The molecule has 3 N–H and O–H groups in total. The van der Waals surface area contributed by atoms with Gasteiger partial charge in [-0.1, -0.05) is 30.3 Å². The third-order valence-corrected chi connectivity index (χ3v) is 6.70. The second-order valence-electron chi connectivity index (χ2n) is 9.07. The molecule has 2 aromatic heterocycles. The number of hydrogen-bond donors (Lipinski definition) is 3. The molecule has 186 valence electrons. The zero-order chi connectivity index (χ0) is 25.2. The highest BCUT2D eigenvalue weighted by Crippen LogP contribution is 2.37. The Morgan fingerprint density at radius 1 is 1.03 bits per heavy atom. The third kappa shape index (κ3) is 4.64. The fraction of sp³-hybridized carbons (Fsp3) is 0.207. The number of carbonyl (C=O) groups excluding carboxylic acids is 1.